The Labute approximate surface area is 197 Å². The normalized spacial score (nSPS) is 12.4. The van der Waals surface area contributed by atoms with Crippen LogP contribution in [-0.2, 0) is 9.53 Å². The molecule has 35 heavy (non-hydrogen) atoms. The number of hydrogen-bond donors (Lipinski definition) is 3. The Morgan fingerprint density at radius 2 is 1.51 bits per heavy atom. The molecule has 0 fully saturated rings. The van der Waals surface area contributed by atoms with Crippen molar-refractivity contribution in [2.45, 2.75) is 11.8 Å². The number of hydrogen-bond acceptors (Lipinski definition) is 4. The molecular weight excluding hydrogens is 465 g/mol. The highest BCUT2D eigenvalue weighted by Gasteiger charge is 2.40. The molecule has 3 aromatic carbocycles. The average molecular weight is 484 g/mol. The summed E-state index contributed by atoms with van der Waals surface area (Å²) in [6.07, 6.45) is -1.15. The fraction of sp³-hybridized carbons (Fsp3) is 0.160. The first kappa shape index (κ1) is 23.8. The number of alkyl halides is 2. The van der Waals surface area contributed by atoms with Crippen molar-refractivity contribution in [2.24, 2.45) is 0 Å². The zero-order valence-corrected chi connectivity index (χ0v) is 18.1. The smallest absolute Gasteiger partial charge is 0.407 e. The van der Waals surface area contributed by atoms with E-state index in [4.69, 9.17) is 9.84 Å². The fourth-order valence-electron chi connectivity index (χ4n) is 3.92. The predicted octanol–water partition coefficient (Wildman–Crippen LogP) is 4.64. The van der Waals surface area contributed by atoms with Crippen LogP contribution in [0.2, 0.25) is 0 Å². The van der Waals surface area contributed by atoms with Gasteiger partial charge in [0.05, 0.1) is 17.8 Å². The van der Waals surface area contributed by atoms with E-state index in [1.807, 2.05) is 53.8 Å². The van der Waals surface area contributed by atoms with Crippen LogP contribution in [0.15, 0.2) is 66.7 Å². The highest BCUT2D eigenvalue weighted by Crippen LogP contribution is 2.44. The summed E-state index contributed by atoms with van der Waals surface area (Å²) in [5.74, 6) is -9.31. The summed E-state index contributed by atoms with van der Waals surface area (Å²) in [5.41, 5.74) is 2.37. The number of rotatable bonds is 7. The number of carboxylic acids is 1. The lowest BCUT2D eigenvalue weighted by atomic mass is 9.98. The van der Waals surface area contributed by atoms with Crippen molar-refractivity contribution in [1.29, 1.82) is 0 Å². The average Bonchev–Trinajstić information content (AvgIpc) is 3.16. The van der Waals surface area contributed by atoms with Gasteiger partial charge in [0.15, 0.2) is 5.82 Å². The predicted molar refractivity (Wildman–Crippen MR) is 120 cm³/mol. The van der Waals surface area contributed by atoms with Crippen LogP contribution >= 0.6 is 0 Å². The summed E-state index contributed by atoms with van der Waals surface area (Å²) in [6, 6.07) is 18.1. The summed E-state index contributed by atoms with van der Waals surface area (Å²) < 4.78 is 47.8. The van der Waals surface area contributed by atoms with Gasteiger partial charge in [-0.3, -0.25) is 4.79 Å². The molecule has 3 N–H and O–H groups in total. The molecule has 3 aromatic rings. The highest BCUT2D eigenvalue weighted by molar-refractivity contribution is 5.98. The minimum absolute atomic E-state index is 0.106. The van der Waals surface area contributed by atoms with Crippen molar-refractivity contribution in [3.8, 4) is 11.1 Å². The second-order valence-electron chi connectivity index (χ2n) is 7.81. The molecule has 0 saturated carbocycles. The Bertz CT molecular complexity index is 1270. The van der Waals surface area contributed by atoms with E-state index in [0.29, 0.717) is 0 Å². The van der Waals surface area contributed by atoms with Crippen LogP contribution in [0.4, 0.5) is 23.7 Å². The number of benzene rings is 3. The molecule has 0 aliphatic heterocycles. The molecule has 1 aliphatic carbocycles. The van der Waals surface area contributed by atoms with Crippen LogP contribution in [0.25, 0.3) is 11.1 Å². The van der Waals surface area contributed by atoms with Gasteiger partial charge in [0, 0.05) is 5.92 Å². The topological polar surface area (TPSA) is 105 Å². The molecule has 1 aliphatic rings. The standard InChI is InChI=1S/C25H19F3N2O5/c26-21-18(22(31)32)10-5-11-20(21)30-23(33)25(27,28)13-29-24(34)35-12-19-16-8-3-1-6-14(16)15-7-2-4-9-17(15)19/h1-11,19H,12-13H2,(H,29,34)(H,30,33)(H,31,32). The number of carbonyl (C=O) groups excluding carboxylic acids is 2. The van der Waals surface area contributed by atoms with Gasteiger partial charge in [-0.25, -0.2) is 14.0 Å². The SMILES string of the molecule is O=C(NCC(F)(F)C(=O)Nc1cccc(C(=O)O)c1F)OCC1c2ccccc2-c2ccccc21. The molecule has 0 spiro atoms. The molecule has 2 amide bonds. The molecule has 0 radical (unpaired) electrons. The van der Waals surface area contributed by atoms with Crippen molar-refractivity contribution in [3.05, 3.63) is 89.2 Å². The van der Waals surface area contributed by atoms with E-state index in [1.165, 1.54) is 0 Å². The summed E-state index contributed by atoms with van der Waals surface area (Å²) in [7, 11) is 0. The maximum absolute atomic E-state index is 14.3. The Morgan fingerprint density at radius 1 is 0.914 bits per heavy atom. The Morgan fingerprint density at radius 3 is 2.11 bits per heavy atom. The quantitative estimate of drug-likeness (QED) is 0.453. The van der Waals surface area contributed by atoms with E-state index in [-0.39, 0.29) is 12.5 Å². The molecule has 7 nitrogen and oxygen atoms in total. The summed E-state index contributed by atoms with van der Waals surface area (Å²) in [4.78, 5) is 35.0. The number of amides is 2. The van der Waals surface area contributed by atoms with Gasteiger partial charge in [0.2, 0.25) is 0 Å². The first-order valence-electron chi connectivity index (χ1n) is 10.5. The van der Waals surface area contributed by atoms with E-state index in [1.54, 1.807) is 5.32 Å². The third kappa shape index (κ3) is 4.81. The summed E-state index contributed by atoms with van der Waals surface area (Å²) in [5, 5.41) is 12.4. The number of halogens is 3. The lowest BCUT2D eigenvalue weighted by Crippen LogP contribution is -2.45. The van der Waals surface area contributed by atoms with Gasteiger partial charge in [-0.2, -0.15) is 8.78 Å². The van der Waals surface area contributed by atoms with E-state index < -0.39 is 47.5 Å². The molecule has 0 atom stereocenters. The third-order valence-corrected chi connectivity index (χ3v) is 5.61. The first-order valence-corrected chi connectivity index (χ1v) is 10.5. The largest absolute Gasteiger partial charge is 0.478 e. The fourth-order valence-corrected chi connectivity index (χ4v) is 3.92. The van der Waals surface area contributed by atoms with Crippen molar-refractivity contribution in [1.82, 2.24) is 5.32 Å². The van der Waals surface area contributed by atoms with Gasteiger partial charge in [-0.1, -0.05) is 54.6 Å². The number of fused-ring (bicyclic) bond motifs is 3. The zero-order valence-electron chi connectivity index (χ0n) is 18.1. The molecule has 0 heterocycles. The summed E-state index contributed by atoms with van der Waals surface area (Å²) >= 11 is 0. The van der Waals surface area contributed by atoms with Gasteiger partial charge >= 0.3 is 18.0 Å². The molecular formula is C25H19F3N2O5. The van der Waals surface area contributed by atoms with E-state index in [0.717, 1.165) is 40.5 Å². The zero-order chi connectivity index (χ0) is 25.2. The molecule has 180 valence electrons. The second kappa shape index (κ2) is 9.49. The number of aromatic carboxylic acids is 1. The molecule has 0 saturated heterocycles. The Balaban J connectivity index is 1.35. The number of alkyl carbamates (subject to hydrolysis) is 1. The third-order valence-electron chi connectivity index (χ3n) is 5.61. The first-order chi connectivity index (χ1) is 16.7. The van der Waals surface area contributed by atoms with Gasteiger partial charge in [0.25, 0.3) is 5.91 Å². The summed E-state index contributed by atoms with van der Waals surface area (Å²) in [6.45, 7) is -1.51. The number of nitrogens with one attached hydrogen (secondary N) is 2. The van der Waals surface area contributed by atoms with Gasteiger partial charge < -0.3 is 20.5 Å². The molecule has 0 aromatic heterocycles. The minimum atomic E-state index is -4.13. The van der Waals surface area contributed by atoms with Crippen LogP contribution < -0.4 is 10.6 Å². The monoisotopic (exact) mass is 484 g/mol. The molecule has 4 rings (SSSR count). The maximum atomic E-state index is 14.3. The highest BCUT2D eigenvalue weighted by atomic mass is 19.3. The van der Waals surface area contributed by atoms with Crippen LogP contribution in [0.1, 0.15) is 27.4 Å². The number of ether oxygens (including phenoxy) is 1. The number of carbonyl (C=O) groups is 3. The second-order valence-corrected chi connectivity index (χ2v) is 7.81. The van der Waals surface area contributed by atoms with Gasteiger partial charge in [-0.15, -0.1) is 0 Å². The van der Waals surface area contributed by atoms with Crippen LogP contribution in [-0.4, -0.2) is 42.2 Å². The van der Waals surface area contributed by atoms with E-state index in [2.05, 4.69) is 0 Å². The van der Waals surface area contributed by atoms with Crippen LogP contribution in [0, 0.1) is 5.82 Å². The van der Waals surface area contributed by atoms with Crippen LogP contribution in [0.3, 0.4) is 0 Å². The molecule has 10 heteroatoms. The van der Waals surface area contributed by atoms with E-state index in [9.17, 15) is 27.6 Å². The van der Waals surface area contributed by atoms with Crippen LogP contribution in [0.5, 0.6) is 0 Å². The van der Waals surface area contributed by atoms with Crippen molar-refractivity contribution >= 4 is 23.7 Å². The maximum Gasteiger partial charge on any atom is 0.407 e. The number of anilines is 1. The minimum Gasteiger partial charge on any atom is -0.478 e. The van der Waals surface area contributed by atoms with Gasteiger partial charge in [0.1, 0.15) is 6.61 Å². The Kier molecular flexibility index (Phi) is 6.46. The van der Waals surface area contributed by atoms with Gasteiger partial charge in [-0.05, 0) is 34.4 Å². The number of carboxylic acid groups (broad SMARTS) is 1. The molecule has 0 bridgehead atoms. The lowest BCUT2D eigenvalue weighted by Gasteiger charge is -2.18. The van der Waals surface area contributed by atoms with Crippen molar-refractivity contribution < 1.29 is 37.4 Å². The van der Waals surface area contributed by atoms with Crippen molar-refractivity contribution in [2.75, 3.05) is 18.5 Å². The van der Waals surface area contributed by atoms with E-state index >= 15 is 0 Å². The molecule has 0 unspecified atom stereocenters. The Hall–Kier alpha value is -4.34. The lowest BCUT2D eigenvalue weighted by molar-refractivity contribution is -0.138. The van der Waals surface area contributed by atoms with Crippen molar-refractivity contribution in [3.63, 3.8) is 0 Å².